The van der Waals surface area contributed by atoms with Crippen molar-refractivity contribution in [2.45, 2.75) is 32.4 Å². The average Bonchev–Trinajstić information content (AvgIpc) is 3.35. The van der Waals surface area contributed by atoms with Gasteiger partial charge in [-0.3, -0.25) is 9.78 Å². The van der Waals surface area contributed by atoms with Crippen LogP contribution < -0.4 is 4.74 Å². The highest BCUT2D eigenvalue weighted by atomic mass is 19.1. The number of carbonyl (C=O) groups excluding carboxylic acids is 1. The van der Waals surface area contributed by atoms with Crippen LogP contribution in [-0.4, -0.2) is 38.5 Å². The SMILES string of the molecule is Cc1cnc(C2CCCN2C(=O)COc2ccc(F)cc2)n1Cc1cccnc1. The van der Waals surface area contributed by atoms with Crippen molar-refractivity contribution in [3.63, 3.8) is 0 Å². The Balaban J connectivity index is 1.48. The van der Waals surface area contributed by atoms with Gasteiger partial charge in [-0.15, -0.1) is 0 Å². The fraction of sp³-hybridized carbons (Fsp3) is 0.318. The molecule has 3 aromatic rings. The highest BCUT2D eigenvalue weighted by Crippen LogP contribution is 2.32. The van der Waals surface area contributed by atoms with E-state index in [9.17, 15) is 9.18 Å². The smallest absolute Gasteiger partial charge is 0.261 e. The summed E-state index contributed by atoms with van der Waals surface area (Å²) in [6, 6.07) is 9.54. The van der Waals surface area contributed by atoms with Crippen LogP contribution in [0.3, 0.4) is 0 Å². The molecule has 0 bridgehead atoms. The molecule has 1 aromatic carbocycles. The van der Waals surface area contributed by atoms with Crippen LogP contribution in [0.25, 0.3) is 0 Å². The van der Waals surface area contributed by atoms with Crippen LogP contribution in [0.2, 0.25) is 0 Å². The number of nitrogens with zero attached hydrogens (tertiary/aromatic N) is 4. The van der Waals surface area contributed by atoms with Crippen molar-refractivity contribution >= 4 is 5.91 Å². The minimum atomic E-state index is -0.334. The number of halogens is 1. The summed E-state index contributed by atoms with van der Waals surface area (Å²) in [5.41, 5.74) is 2.14. The van der Waals surface area contributed by atoms with Gasteiger partial charge < -0.3 is 14.2 Å². The molecule has 0 radical (unpaired) electrons. The molecule has 150 valence electrons. The van der Waals surface area contributed by atoms with E-state index in [1.165, 1.54) is 24.3 Å². The van der Waals surface area contributed by atoms with Gasteiger partial charge in [-0.05, 0) is 55.7 Å². The molecule has 1 fully saturated rings. The standard InChI is InChI=1S/C22H23FN4O2/c1-16-12-25-22(27(16)14-17-4-2-10-24-13-17)20-5-3-11-26(20)21(28)15-29-19-8-6-18(23)7-9-19/h2,4,6-10,12-13,20H,3,5,11,14-15H2,1H3. The van der Waals surface area contributed by atoms with Crippen LogP contribution in [0.5, 0.6) is 5.75 Å². The Labute approximate surface area is 169 Å². The largest absolute Gasteiger partial charge is 0.484 e. The molecule has 1 atom stereocenters. The quantitative estimate of drug-likeness (QED) is 0.642. The van der Waals surface area contributed by atoms with Gasteiger partial charge in [0.1, 0.15) is 17.4 Å². The van der Waals surface area contributed by atoms with Crippen LogP contribution >= 0.6 is 0 Å². The zero-order valence-electron chi connectivity index (χ0n) is 16.3. The average molecular weight is 394 g/mol. The van der Waals surface area contributed by atoms with E-state index in [0.717, 1.165) is 29.9 Å². The summed E-state index contributed by atoms with van der Waals surface area (Å²) in [5.74, 6) is 0.938. The zero-order valence-corrected chi connectivity index (χ0v) is 16.3. The van der Waals surface area contributed by atoms with Crippen LogP contribution in [0.4, 0.5) is 4.39 Å². The minimum Gasteiger partial charge on any atom is -0.484 e. The monoisotopic (exact) mass is 394 g/mol. The molecule has 0 spiro atoms. The van der Waals surface area contributed by atoms with Crippen LogP contribution in [0.1, 0.15) is 36.0 Å². The molecule has 6 nitrogen and oxygen atoms in total. The van der Waals surface area contributed by atoms with Crippen LogP contribution in [0.15, 0.2) is 55.0 Å². The molecule has 0 N–H and O–H groups in total. The number of likely N-dealkylation sites (tertiary alicyclic amines) is 1. The molecule has 0 aliphatic carbocycles. The number of ether oxygens (including phenoxy) is 1. The van der Waals surface area contributed by atoms with Gasteiger partial charge in [-0.1, -0.05) is 6.07 Å². The molecule has 1 saturated heterocycles. The number of carbonyl (C=O) groups is 1. The second-order valence-electron chi connectivity index (χ2n) is 7.19. The molecular weight excluding hydrogens is 371 g/mol. The Kier molecular flexibility index (Phi) is 5.55. The number of amides is 1. The summed E-state index contributed by atoms with van der Waals surface area (Å²) < 4.78 is 20.7. The van der Waals surface area contributed by atoms with Crippen LogP contribution in [0, 0.1) is 12.7 Å². The molecule has 1 aliphatic rings. The molecule has 1 amide bonds. The summed E-state index contributed by atoms with van der Waals surface area (Å²) in [5, 5.41) is 0. The van der Waals surface area contributed by atoms with Crippen molar-refractivity contribution < 1.29 is 13.9 Å². The molecule has 3 heterocycles. The maximum Gasteiger partial charge on any atom is 0.261 e. The summed E-state index contributed by atoms with van der Waals surface area (Å²) in [6.45, 7) is 3.28. The Morgan fingerprint density at radius 3 is 2.83 bits per heavy atom. The molecule has 0 saturated carbocycles. The molecule has 1 aliphatic heterocycles. The molecule has 7 heteroatoms. The van der Waals surface area contributed by atoms with E-state index in [4.69, 9.17) is 4.74 Å². The lowest BCUT2D eigenvalue weighted by Crippen LogP contribution is -2.35. The van der Waals surface area contributed by atoms with E-state index in [1.807, 2.05) is 36.4 Å². The van der Waals surface area contributed by atoms with Gasteiger partial charge >= 0.3 is 0 Å². The number of hydrogen-bond acceptors (Lipinski definition) is 4. The molecular formula is C22H23FN4O2. The molecule has 29 heavy (non-hydrogen) atoms. The van der Waals surface area contributed by atoms with Crippen molar-refractivity contribution in [2.24, 2.45) is 0 Å². The summed E-state index contributed by atoms with van der Waals surface area (Å²) in [7, 11) is 0. The number of imidazole rings is 1. The first-order valence-electron chi connectivity index (χ1n) is 9.70. The maximum atomic E-state index is 13.0. The Morgan fingerprint density at radius 1 is 1.24 bits per heavy atom. The van der Waals surface area contributed by atoms with Crippen molar-refractivity contribution in [1.29, 1.82) is 0 Å². The van der Waals surface area contributed by atoms with E-state index >= 15 is 0 Å². The maximum absolute atomic E-state index is 13.0. The molecule has 2 aromatic heterocycles. The highest BCUT2D eigenvalue weighted by Gasteiger charge is 2.33. The number of pyridine rings is 1. The lowest BCUT2D eigenvalue weighted by molar-refractivity contribution is -0.134. The summed E-state index contributed by atoms with van der Waals surface area (Å²) >= 11 is 0. The Bertz CT molecular complexity index is 972. The van der Waals surface area contributed by atoms with Crippen molar-refractivity contribution in [1.82, 2.24) is 19.4 Å². The fourth-order valence-electron chi connectivity index (χ4n) is 3.72. The molecule has 4 rings (SSSR count). The summed E-state index contributed by atoms with van der Waals surface area (Å²) in [6.07, 6.45) is 7.24. The van der Waals surface area contributed by atoms with Gasteiger partial charge in [0, 0.05) is 30.8 Å². The van der Waals surface area contributed by atoms with Gasteiger partial charge in [0.15, 0.2) is 6.61 Å². The second kappa shape index (κ2) is 8.43. The number of hydrogen-bond donors (Lipinski definition) is 0. The fourth-order valence-corrected chi connectivity index (χ4v) is 3.72. The van der Waals surface area contributed by atoms with Gasteiger partial charge in [-0.25, -0.2) is 9.37 Å². The summed E-state index contributed by atoms with van der Waals surface area (Å²) in [4.78, 5) is 23.5. The third-order valence-corrected chi connectivity index (χ3v) is 5.20. The van der Waals surface area contributed by atoms with E-state index in [0.29, 0.717) is 18.8 Å². The Hall–Kier alpha value is -3.22. The topological polar surface area (TPSA) is 60.3 Å². The van der Waals surface area contributed by atoms with E-state index in [-0.39, 0.29) is 24.4 Å². The van der Waals surface area contributed by atoms with Gasteiger partial charge in [0.2, 0.25) is 0 Å². The second-order valence-corrected chi connectivity index (χ2v) is 7.19. The lowest BCUT2D eigenvalue weighted by atomic mass is 10.2. The predicted molar refractivity (Wildman–Crippen MR) is 106 cm³/mol. The lowest BCUT2D eigenvalue weighted by Gasteiger charge is -2.25. The first-order valence-corrected chi connectivity index (χ1v) is 9.70. The first-order chi connectivity index (χ1) is 14.1. The number of aromatic nitrogens is 3. The van der Waals surface area contributed by atoms with Crippen molar-refractivity contribution in [3.8, 4) is 5.75 Å². The first kappa shape index (κ1) is 19.1. The van der Waals surface area contributed by atoms with Gasteiger partial charge in [0.05, 0.1) is 12.6 Å². The minimum absolute atomic E-state index is 0.0789. The normalized spacial score (nSPS) is 16.2. The van der Waals surface area contributed by atoms with E-state index in [1.54, 1.807) is 6.20 Å². The molecule has 1 unspecified atom stereocenters. The number of aryl methyl sites for hydroxylation is 1. The van der Waals surface area contributed by atoms with Gasteiger partial charge in [-0.2, -0.15) is 0 Å². The third kappa shape index (κ3) is 4.29. The van der Waals surface area contributed by atoms with E-state index in [2.05, 4.69) is 14.5 Å². The van der Waals surface area contributed by atoms with Crippen molar-refractivity contribution in [2.75, 3.05) is 13.2 Å². The third-order valence-electron chi connectivity index (χ3n) is 5.20. The highest BCUT2D eigenvalue weighted by molar-refractivity contribution is 5.78. The predicted octanol–water partition coefficient (Wildman–Crippen LogP) is 3.52. The van der Waals surface area contributed by atoms with E-state index < -0.39 is 0 Å². The Morgan fingerprint density at radius 2 is 2.07 bits per heavy atom. The zero-order chi connectivity index (χ0) is 20.2. The van der Waals surface area contributed by atoms with Crippen molar-refractivity contribution in [3.05, 3.63) is 77.9 Å². The van der Waals surface area contributed by atoms with Gasteiger partial charge in [0.25, 0.3) is 5.91 Å². The number of benzene rings is 1. The number of rotatable bonds is 6. The van der Waals surface area contributed by atoms with Crippen LogP contribution in [-0.2, 0) is 11.3 Å².